The Morgan fingerprint density at radius 2 is 1.69 bits per heavy atom. The quantitative estimate of drug-likeness (QED) is 0.125. The number of aliphatic hydroxyl groups excluding tert-OH is 8. The van der Waals surface area contributed by atoms with E-state index in [1.165, 1.54) is 0 Å². The van der Waals surface area contributed by atoms with Gasteiger partial charge in [-0.1, -0.05) is 0 Å². The number of hydrogen-bond acceptors (Lipinski definition) is 14. The molecule has 11 N–H and O–H groups in total. The van der Waals surface area contributed by atoms with Gasteiger partial charge in [-0.05, 0) is 0 Å². The molecule has 1 aromatic heterocycles. The number of ether oxygens (including phenoxy) is 1. The van der Waals surface area contributed by atoms with Gasteiger partial charge in [-0.15, -0.1) is 0 Å². The first-order valence-corrected chi connectivity index (χ1v) is 12.6. The summed E-state index contributed by atoms with van der Waals surface area (Å²) in [5.74, 6) is 0.182. The van der Waals surface area contributed by atoms with Crippen molar-refractivity contribution in [3.8, 4) is 0 Å². The average molecular weight is 539 g/mol. The zero-order valence-electron chi connectivity index (χ0n) is 19.2. The summed E-state index contributed by atoms with van der Waals surface area (Å²) in [5, 5.41) is 85.7. The van der Waals surface area contributed by atoms with E-state index < -0.39 is 85.0 Å². The largest absolute Gasteiger partial charge is 0.395 e. The Morgan fingerprint density at radius 1 is 1.00 bits per heavy atom. The molecule has 2 fully saturated rings. The molecule has 2 aliphatic rings. The fraction of sp³-hybridized carbons (Fsp3) is 0.800. The summed E-state index contributed by atoms with van der Waals surface area (Å²) >= 11 is 1.14. The maximum Gasteiger partial charge on any atom is 0.330 e. The third kappa shape index (κ3) is 6.72. The first kappa shape index (κ1) is 29.2. The highest BCUT2D eigenvalue weighted by molar-refractivity contribution is 7.99. The van der Waals surface area contributed by atoms with E-state index in [0.717, 1.165) is 28.6 Å². The van der Waals surface area contributed by atoms with Gasteiger partial charge in [0.2, 0.25) is 0 Å². The summed E-state index contributed by atoms with van der Waals surface area (Å²) in [6, 6.07) is -0.454. The van der Waals surface area contributed by atoms with Gasteiger partial charge in [0.05, 0.1) is 43.2 Å². The monoisotopic (exact) mass is 538 g/mol. The van der Waals surface area contributed by atoms with E-state index in [1.807, 2.05) is 4.98 Å². The van der Waals surface area contributed by atoms with Crippen LogP contribution in [0, 0.1) is 0 Å². The zero-order valence-corrected chi connectivity index (χ0v) is 20.0. The number of nitrogens with one attached hydrogen (secondary N) is 3. The van der Waals surface area contributed by atoms with Crippen molar-refractivity contribution < 1.29 is 45.6 Å². The van der Waals surface area contributed by atoms with Gasteiger partial charge < -0.3 is 56.2 Å². The van der Waals surface area contributed by atoms with E-state index in [2.05, 4.69) is 10.6 Å². The van der Waals surface area contributed by atoms with Crippen LogP contribution in [0.3, 0.4) is 0 Å². The van der Waals surface area contributed by atoms with Crippen molar-refractivity contribution in [2.24, 2.45) is 0 Å². The molecule has 0 bridgehead atoms. The normalized spacial score (nSPS) is 36.6. The Balaban J connectivity index is 1.41. The Bertz CT molecular complexity index is 949. The van der Waals surface area contributed by atoms with Crippen molar-refractivity contribution >= 4 is 11.8 Å². The standard InChI is InChI=1S/C20H34N4O11S/c25-5-9-15(30)17(32)14(29)8(22-9)3-21-4-10(26)11(27)6-36-7-12-16(31)18(33)19(35-12)24-2-1-13(28)23-20(24)34/h1-2,8-12,14-19,21-22,25-27,29-33H,3-7H2,(H,23,28,34)/t8-,9-,10+,11+,12-,14+,15+,16-,17-,18-,19-/m1/s1. The lowest BCUT2D eigenvalue weighted by Crippen LogP contribution is -2.68. The lowest BCUT2D eigenvalue weighted by molar-refractivity contribution is -0.119. The molecule has 0 unspecified atom stereocenters. The summed E-state index contributed by atoms with van der Waals surface area (Å²) in [6.07, 6.45) is -10.1. The Labute approximate surface area is 209 Å². The SMILES string of the molecule is O=c1ccn([C@@H]2O[C@H](CSC[C@H](O)[C@@H](O)CNC[C@H]3N[C@H](CO)[C@H](O)[C@H](O)[C@H]3O)[C@@H](O)[C@H]2O)c(=O)[nH]1. The first-order chi connectivity index (χ1) is 17.0. The van der Waals surface area contributed by atoms with E-state index in [-0.39, 0.29) is 24.6 Å². The van der Waals surface area contributed by atoms with E-state index in [4.69, 9.17) is 4.74 Å². The first-order valence-electron chi connectivity index (χ1n) is 11.4. The molecule has 0 aromatic carbocycles. The lowest BCUT2D eigenvalue weighted by atomic mass is 9.90. The van der Waals surface area contributed by atoms with Crippen LogP contribution in [0.15, 0.2) is 21.9 Å². The van der Waals surface area contributed by atoms with Crippen LogP contribution >= 0.6 is 11.8 Å². The second-order valence-corrected chi connectivity index (χ2v) is 10.0. The minimum Gasteiger partial charge on any atom is -0.395 e. The van der Waals surface area contributed by atoms with Gasteiger partial charge in [-0.3, -0.25) is 14.3 Å². The highest BCUT2D eigenvalue weighted by Gasteiger charge is 2.44. The molecule has 2 saturated heterocycles. The molecule has 36 heavy (non-hydrogen) atoms. The van der Waals surface area contributed by atoms with Gasteiger partial charge in [0, 0.05) is 42.9 Å². The summed E-state index contributed by atoms with van der Waals surface area (Å²) in [6.45, 7) is -0.434. The number of H-pyrrole nitrogens is 1. The number of aliphatic hydroxyl groups is 8. The Hall–Kier alpha value is -1.41. The molecule has 3 rings (SSSR count). The summed E-state index contributed by atoms with van der Waals surface area (Å²) in [5.41, 5.74) is -1.41. The molecule has 0 amide bonds. The molecule has 16 heteroatoms. The Morgan fingerprint density at radius 3 is 2.36 bits per heavy atom. The van der Waals surface area contributed by atoms with Crippen molar-refractivity contribution in [1.29, 1.82) is 0 Å². The van der Waals surface area contributed by atoms with Gasteiger partial charge in [-0.25, -0.2) is 4.79 Å². The molecule has 0 radical (unpaired) electrons. The van der Waals surface area contributed by atoms with Crippen LogP contribution in [0.25, 0.3) is 0 Å². The van der Waals surface area contributed by atoms with Gasteiger partial charge in [0.1, 0.15) is 18.3 Å². The van der Waals surface area contributed by atoms with E-state index in [0.29, 0.717) is 0 Å². The third-order valence-electron chi connectivity index (χ3n) is 6.34. The number of aromatic amines is 1. The second-order valence-electron chi connectivity index (χ2n) is 8.93. The maximum atomic E-state index is 11.9. The minimum atomic E-state index is -1.45. The average Bonchev–Trinajstić information content (AvgIpc) is 3.12. The summed E-state index contributed by atoms with van der Waals surface area (Å²) < 4.78 is 6.55. The second kappa shape index (κ2) is 12.9. The smallest absolute Gasteiger partial charge is 0.330 e. The van der Waals surface area contributed by atoms with Gasteiger partial charge in [0.15, 0.2) is 6.23 Å². The van der Waals surface area contributed by atoms with Crippen molar-refractivity contribution in [3.63, 3.8) is 0 Å². The minimum absolute atomic E-state index is 0.0522. The topological polar surface area (TPSA) is 250 Å². The van der Waals surface area contributed by atoms with Crippen LogP contribution in [0.2, 0.25) is 0 Å². The molecule has 15 nitrogen and oxygen atoms in total. The molecule has 3 heterocycles. The molecular weight excluding hydrogens is 504 g/mol. The van der Waals surface area contributed by atoms with Gasteiger partial charge >= 0.3 is 5.69 Å². The molecule has 206 valence electrons. The van der Waals surface area contributed by atoms with Crippen molar-refractivity contribution in [1.82, 2.24) is 20.2 Å². The zero-order chi connectivity index (χ0) is 26.6. The van der Waals surface area contributed by atoms with Crippen molar-refractivity contribution in [2.45, 2.75) is 67.1 Å². The number of aromatic nitrogens is 2. The molecule has 0 spiro atoms. The van der Waals surface area contributed by atoms with Crippen molar-refractivity contribution in [3.05, 3.63) is 33.1 Å². The molecule has 2 aliphatic heterocycles. The van der Waals surface area contributed by atoms with Gasteiger partial charge in [0.25, 0.3) is 5.56 Å². The predicted molar refractivity (Wildman–Crippen MR) is 125 cm³/mol. The number of piperidine rings is 1. The van der Waals surface area contributed by atoms with E-state index in [9.17, 15) is 50.4 Å². The molecule has 0 aliphatic carbocycles. The van der Waals surface area contributed by atoms with Gasteiger partial charge in [-0.2, -0.15) is 11.8 Å². The number of rotatable bonds is 11. The molecule has 1 aromatic rings. The number of hydrogen-bond donors (Lipinski definition) is 11. The van der Waals surface area contributed by atoms with E-state index >= 15 is 0 Å². The van der Waals surface area contributed by atoms with Crippen LogP contribution in [-0.2, 0) is 4.74 Å². The van der Waals surface area contributed by atoms with E-state index in [1.54, 1.807) is 0 Å². The molecule has 0 saturated carbocycles. The van der Waals surface area contributed by atoms with Crippen LogP contribution in [0.5, 0.6) is 0 Å². The number of thioether (sulfide) groups is 1. The highest BCUT2D eigenvalue weighted by atomic mass is 32.2. The predicted octanol–water partition coefficient (Wildman–Crippen LogP) is -6.38. The lowest BCUT2D eigenvalue weighted by Gasteiger charge is -2.41. The molecule has 11 atom stereocenters. The van der Waals surface area contributed by atoms with Crippen LogP contribution in [0.4, 0.5) is 0 Å². The summed E-state index contributed by atoms with van der Waals surface area (Å²) in [7, 11) is 0. The third-order valence-corrected chi connectivity index (χ3v) is 7.49. The fourth-order valence-electron chi connectivity index (χ4n) is 4.15. The maximum absolute atomic E-state index is 11.9. The number of nitrogens with zero attached hydrogens (tertiary/aromatic N) is 1. The fourth-order valence-corrected chi connectivity index (χ4v) is 5.26. The van der Waals surface area contributed by atoms with Crippen molar-refractivity contribution in [2.75, 3.05) is 31.2 Å². The highest BCUT2D eigenvalue weighted by Crippen LogP contribution is 2.30. The van der Waals surface area contributed by atoms with Crippen LogP contribution in [0.1, 0.15) is 6.23 Å². The molecular formula is C20H34N4O11S. The Kier molecular flexibility index (Phi) is 10.4. The van der Waals surface area contributed by atoms with Crippen LogP contribution < -0.4 is 21.9 Å². The van der Waals surface area contributed by atoms with Crippen LogP contribution in [-0.4, -0.2) is 143 Å². The summed E-state index contributed by atoms with van der Waals surface area (Å²) in [4.78, 5) is 25.2.